The highest BCUT2D eigenvalue weighted by Crippen LogP contribution is 2.35. The molecule has 3 aromatic rings. The maximum Gasteiger partial charge on any atom is 0.321 e. The van der Waals surface area contributed by atoms with Crippen LogP contribution in [0.15, 0.2) is 65.6 Å². The molecule has 12 nitrogen and oxygen atoms in total. The van der Waals surface area contributed by atoms with Crippen LogP contribution in [-0.4, -0.2) is 80.9 Å². The summed E-state index contributed by atoms with van der Waals surface area (Å²) in [5.74, 6) is 0.750. The number of nitrogens with zero attached hydrogens (tertiary/aromatic N) is 2. The van der Waals surface area contributed by atoms with Crippen LogP contribution in [0.5, 0.6) is 17.2 Å². The van der Waals surface area contributed by atoms with Gasteiger partial charge in [0.15, 0.2) is 11.5 Å². The monoisotopic (exact) mass is 624 g/mol. The number of hydrogen-bond acceptors (Lipinski definition) is 8. The minimum atomic E-state index is -3.92. The molecule has 0 aromatic heterocycles. The van der Waals surface area contributed by atoms with E-state index >= 15 is 0 Å². The van der Waals surface area contributed by atoms with Crippen LogP contribution in [-0.2, 0) is 10.0 Å². The number of aryl methyl sites for hydroxylation is 1. The van der Waals surface area contributed by atoms with Gasteiger partial charge in [0.1, 0.15) is 11.9 Å². The van der Waals surface area contributed by atoms with E-state index < -0.39 is 28.1 Å². The molecular formula is C31H36N4O8S. The number of aliphatic hydroxyl groups excluding tert-OH is 1. The van der Waals surface area contributed by atoms with Crippen molar-refractivity contribution in [3.8, 4) is 17.2 Å². The van der Waals surface area contributed by atoms with Gasteiger partial charge in [-0.05, 0) is 56.3 Å². The van der Waals surface area contributed by atoms with Crippen molar-refractivity contribution in [2.45, 2.75) is 37.8 Å². The molecule has 13 heteroatoms. The number of ether oxygens (including phenoxy) is 3. The molecule has 44 heavy (non-hydrogen) atoms. The van der Waals surface area contributed by atoms with Gasteiger partial charge in [-0.1, -0.05) is 24.6 Å². The second-order valence-electron chi connectivity index (χ2n) is 11.1. The fourth-order valence-corrected chi connectivity index (χ4v) is 6.03. The first kappa shape index (κ1) is 31.0. The number of nitrogens with one attached hydrogen (secondary N) is 2. The summed E-state index contributed by atoms with van der Waals surface area (Å²) in [6.45, 7) is 5.78. The number of fused-ring (bicyclic) bond motifs is 2. The van der Waals surface area contributed by atoms with Crippen molar-refractivity contribution >= 4 is 33.3 Å². The first-order chi connectivity index (χ1) is 20.9. The highest BCUT2D eigenvalue weighted by Gasteiger charge is 2.34. The van der Waals surface area contributed by atoms with E-state index in [9.17, 15) is 23.1 Å². The molecule has 3 atom stereocenters. The minimum Gasteiger partial charge on any atom is -0.487 e. The summed E-state index contributed by atoms with van der Waals surface area (Å²) in [5, 5.41) is 12.8. The number of likely N-dealkylation sites (N-methyl/N-ethyl adjacent to an activating group) is 1. The van der Waals surface area contributed by atoms with Gasteiger partial charge < -0.3 is 34.4 Å². The number of anilines is 2. The van der Waals surface area contributed by atoms with Crippen LogP contribution < -0.4 is 24.2 Å². The van der Waals surface area contributed by atoms with E-state index in [0.717, 1.165) is 5.56 Å². The largest absolute Gasteiger partial charge is 0.487 e. The Labute approximate surface area is 256 Å². The third-order valence-electron chi connectivity index (χ3n) is 7.67. The van der Waals surface area contributed by atoms with Gasteiger partial charge in [0, 0.05) is 37.0 Å². The number of aliphatic hydroxyl groups is 1. The summed E-state index contributed by atoms with van der Waals surface area (Å²) in [5.41, 5.74) is 1.78. The van der Waals surface area contributed by atoms with E-state index in [2.05, 4.69) is 10.0 Å². The summed E-state index contributed by atoms with van der Waals surface area (Å²) in [7, 11) is -2.28. The first-order valence-corrected chi connectivity index (χ1v) is 15.7. The number of hydrogen-bond donors (Lipinski definition) is 3. The lowest BCUT2D eigenvalue weighted by Crippen LogP contribution is -2.50. The molecule has 234 valence electrons. The van der Waals surface area contributed by atoms with Gasteiger partial charge in [-0.3, -0.25) is 9.52 Å². The van der Waals surface area contributed by atoms with Crippen LogP contribution in [0.1, 0.15) is 29.8 Å². The average Bonchev–Trinajstić information content (AvgIpc) is 3.47. The van der Waals surface area contributed by atoms with Gasteiger partial charge in [0.2, 0.25) is 6.79 Å². The van der Waals surface area contributed by atoms with Gasteiger partial charge >= 0.3 is 6.03 Å². The molecule has 3 amide bonds. The summed E-state index contributed by atoms with van der Waals surface area (Å²) >= 11 is 0. The molecule has 2 aliphatic rings. The standard InChI is InChI=1S/C31H36N4O8S/c1-19-5-9-24(10-6-19)44(39,40)33-23-8-11-26-25(13-23)30(37)35(21(3)17-36)15-20(2)29(43-26)16-34(4)31(38)32-22-7-12-27-28(14-22)42-18-41-27/h5-14,20-21,29,33,36H,15-18H2,1-4H3,(H,32,38)/t20-,21-,29+/m1/s1. The number of carbonyl (C=O) groups is 2. The molecule has 0 aliphatic carbocycles. The fourth-order valence-electron chi connectivity index (χ4n) is 4.98. The summed E-state index contributed by atoms with van der Waals surface area (Å²) in [4.78, 5) is 30.0. The second-order valence-corrected chi connectivity index (χ2v) is 12.8. The fraction of sp³-hybridized carbons (Fsp3) is 0.355. The molecule has 5 rings (SSSR count). The Morgan fingerprint density at radius 3 is 2.45 bits per heavy atom. The van der Waals surface area contributed by atoms with Crippen molar-refractivity contribution in [2.24, 2.45) is 5.92 Å². The number of benzene rings is 3. The second kappa shape index (κ2) is 12.6. The Balaban J connectivity index is 1.38. The number of sulfonamides is 1. The lowest BCUT2D eigenvalue weighted by atomic mass is 9.99. The zero-order valence-electron chi connectivity index (χ0n) is 24.9. The Morgan fingerprint density at radius 2 is 1.73 bits per heavy atom. The van der Waals surface area contributed by atoms with E-state index in [-0.39, 0.29) is 60.3 Å². The van der Waals surface area contributed by atoms with Crippen LogP contribution in [0.2, 0.25) is 0 Å². The van der Waals surface area contributed by atoms with Crippen molar-refractivity contribution in [2.75, 3.05) is 43.6 Å². The van der Waals surface area contributed by atoms with Gasteiger partial charge in [-0.25, -0.2) is 13.2 Å². The molecule has 0 spiro atoms. The molecule has 3 aromatic carbocycles. The highest BCUT2D eigenvalue weighted by molar-refractivity contribution is 7.92. The molecule has 0 bridgehead atoms. The van der Waals surface area contributed by atoms with E-state index in [0.29, 0.717) is 17.2 Å². The van der Waals surface area contributed by atoms with E-state index in [4.69, 9.17) is 14.2 Å². The van der Waals surface area contributed by atoms with Crippen molar-refractivity contribution in [1.82, 2.24) is 9.80 Å². The lowest BCUT2D eigenvalue weighted by Gasteiger charge is -2.38. The maximum atomic E-state index is 13.7. The minimum absolute atomic E-state index is 0.0869. The maximum absolute atomic E-state index is 13.7. The number of carbonyl (C=O) groups excluding carboxylic acids is 2. The van der Waals surface area contributed by atoms with Gasteiger partial charge in [-0.15, -0.1) is 0 Å². The van der Waals surface area contributed by atoms with Gasteiger partial charge in [0.25, 0.3) is 15.9 Å². The number of urea groups is 1. The normalized spacial score (nSPS) is 18.4. The SMILES string of the molecule is Cc1ccc(S(=O)(=O)Nc2ccc3c(c2)C(=O)N([C@H](C)CO)C[C@@H](C)[C@H](CN(C)C(=O)Nc2ccc4c(c2)OCO4)O3)cc1. The number of amides is 3. The molecule has 3 N–H and O–H groups in total. The average molecular weight is 625 g/mol. The van der Waals surface area contributed by atoms with Crippen LogP contribution in [0.25, 0.3) is 0 Å². The summed E-state index contributed by atoms with van der Waals surface area (Å²) in [6.07, 6.45) is -0.544. The molecule has 0 radical (unpaired) electrons. The Bertz CT molecular complexity index is 1650. The lowest BCUT2D eigenvalue weighted by molar-refractivity contribution is 0.0371. The molecular weight excluding hydrogens is 588 g/mol. The van der Waals surface area contributed by atoms with Gasteiger partial charge in [0.05, 0.1) is 29.7 Å². The number of rotatable bonds is 8. The van der Waals surface area contributed by atoms with E-state index in [1.807, 2.05) is 13.8 Å². The van der Waals surface area contributed by atoms with Crippen LogP contribution >= 0.6 is 0 Å². The third-order valence-corrected chi connectivity index (χ3v) is 9.07. The van der Waals surface area contributed by atoms with Crippen molar-refractivity contribution in [3.63, 3.8) is 0 Å². The van der Waals surface area contributed by atoms with E-state index in [1.54, 1.807) is 55.3 Å². The Hall–Kier alpha value is -4.49. The Kier molecular flexibility index (Phi) is 8.88. The third kappa shape index (κ3) is 6.68. The summed E-state index contributed by atoms with van der Waals surface area (Å²) < 4.78 is 45.7. The molecule has 0 saturated heterocycles. The van der Waals surface area contributed by atoms with Crippen molar-refractivity contribution in [1.29, 1.82) is 0 Å². The first-order valence-electron chi connectivity index (χ1n) is 14.2. The van der Waals surface area contributed by atoms with E-state index in [1.165, 1.54) is 29.2 Å². The van der Waals surface area contributed by atoms with Crippen molar-refractivity contribution in [3.05, 3.63) is 71.8 Å². The molecule has 2 aliphatic heterocycles. The van der Waals surface area contributed by atoms with Gasteiger partial charge in [-0.2, -0.15) is 0 Å². The zero-order chi connectivity index (χ0) is 31.6. The Morgan fingerprint density at radius 1 is 1.05 bits per heavy atom. The molecule has 2 heterocycles. The van der Waals surface area contributed by atoms with Crippen LogP contribution in [0, 0.1) is 12.8 Å². The van der Waals surface area contributed by atoms with Crippen LogP contribution in [0.3, 0.4) is 0 Å². The zero-order valence-corrected chi connectivity index (χ0v) is 25.8. The molecule has 0 unspecified atom stereocenters. The predicted octanol–water partition coefficient (Wildman–Crippen LogP) is 3.91. The summed E-state index contributed by atoms with van der Waals surface area (Å²) in [6, 6.07) is 15.2. The predicted molar refractivity (Wildman–Crippen MR) is 164 cm³/mol. The smallest absolute Gasteiger partial charge is 0.321 e. The topological polar surface area (TPSA) is 147 Å². The molecule has 0 saturated carbocycles. The van der Waals surface area contributed by atoms with Crippen LogP contribution in [0.4, 0.5) is 16.2 Å². The molecule has 0 fully saturated rings. The highest BCUT2D eigenvalue weighted by atomic mass is 32.2. The quantitative estimate of drug-likeness (QED) is 0.342. The van der Waals surface area contributed by atoms with Crippen molar-refractivity contribution < 1.29 is 37.3 Å².